The monoisotopic (exact) mass is 219 g/mol. The van der Waals surface area contributed by atoms with Crippen LogP contribution in [0.5, 0.6) is 5.75 Å². The van der Waals surface area contributed by atoms with E-state index in [9.17, 15) is 4.79 Å². The number of hydrogen-bond acceptors (Lipinski definition) is 4. The Morgan fingerprint density at radius 3 is 3.25 bits per heavy atom. The predicted octanol–water partition coefficient (Wildman–Crippen LogP) is 1.84. The quantitative estimate of drug-likeness (QED) is 0.676. The van der Waals surface area contributed by atoms with E-state index in [-0.39, 0.29) is 17.8 Å². The fraction of sp³-hybridized carbons (Fsp3) is 0.417. The third kappa shape index (κ3) is 1.41. The molecule has 2 aliphatic rings. The largest absolute Gasteiger partial charge is 0.485 e. The Kier molecular flexibility index (Phi) is 2.02. The standard InChI is InChI=1S/C12H13NO3/c1-7-6-10-11(12(14)15-7)13-8-4-2-3-5-9(8)16-10/h2,4,6,8-9,13H,3,5H2,1H3/t8-,9+/m1/s1. The first kappa shape index (κ1) is 9.51. The summed E-state index contributed by atoms with van der Waals surface area (Å²) in [6, 6.07) is 1.85. The molecule has 0 saturated carbocycles. The van der Waals surface area contributed by atoms with Crippen LogP contribution in [-0.4, -0.2) is 12.1 Å². The number of allylic oxidation sites excluding steroid dienone is 1. The first-order valence-corrected chi connectivity index (χ1v) is 5.48. The van der Waals surface area contributed by atoms with E-state index in [0.29, 0.717) is 17.2 Å². The van der Waals surface area contributed by atoms with Crippen LogP contribution in [0.25, 0.3) is 0 Å². The maximum atomic E-state index is 11.6. The average Bonchev–Trinajstić information content (AvgIpc) is 2.27. The van der Waals surface area contributed by atoms with Crippen LogP contribution >= 0.6 is 0 Å². The van der Waals surface area contributed by atoms with Gasteiger partial charge in [-0.05, 0) is 19.8 Å². The van der Waals surface area contributed by atoms with E-state index in [2.05, 4.69) is 17.5 Å². The van der Waals surface area contributed by atoms with E-state index in [1.54, 1.807) is 13.0 Å². The molecule has 3 rings (SSSR count). The van der Waals surface area contributed by atoms with Crippen molar-refractivity contribution >= 4 is 5.69 Å². The highest BCUT2D eigenvalue weighted by Crippen LogP contribution is 2.32. The Labute approximate surface area is 92.9 Å². The smallest absolute Gasteiger partial charge is 0.363 e. The van der Waals surface area contributed by atoms with Crippen LogP contribution in [0.15, 0.2) is 27.4 Å². The van der Waals surface area contributed by atoms with Gasteiger partial charge in [0, 0.05) is 6.07 Å². The van der Waals surface area contributed by atoms with Crippen LogP contribution < -0.4 is 15.7 Å². The Morgan fingerprint density at radius 1 is 1.50 bits per heavy atom. The molecule has 0 bridgehead atoms. The van der Waals surface area contributed by atoms with Crippen LogP contribution in [0.1, 0.15) is 18.6 Å². The molecule has 4 heteroatoms. The Hall–Kier alpha value is -1.71. The van der Waals surface area contributed by atoms with E-state index >= 15 is 0 Å². The van der Waals surface area contributed by atoms with Crippen molar-refractivity contribution in [1.82, 2.24) is 0 Å². The van der Waals surface area contributed by atoms with Crippen molar-refractivity contribution in [3.05, 3.63) is 34.4 Å². The molecule has 84 valence electrons. The third-order valence-corrected chi connectivity index (χ3v) is 2.99. The molecule has 1 aromatic heterocycles. The van der Waals surface area contributed by atoms with Crippen molar-refractivity contribution < 1.29 is 9.15 Å². The Balaban J connectivity index is 2.06. The van der Waals surface area contributed by atoms with Crippen LogP contribution in [0.4, 0.5) is 5.69 Å². The van der Waals surface area contributed by atoms with Gasteiger partial charge in [0.05, 0.1) is 6.04 Å². The molecule has 2 heterocycles. The van der Waals surface area contributed by atoms with Crippen molar-refractivity contribution in [2.45, 2.75) is 31.9 Å². The Bertz CT molecular complexity index is 503. The third-order valence-electron chi connectivity index (χ3n) is 2.99. The van der Waals surface area contributed by atoms with Gasteiger partial charge in [-0.3, -0.25) is 0 Å². The van der Waals surface area contributed by atoms with Gasteiger partial charge in [0.2, 0.25) is 0 Å². The van der Waals surface area contributed by atoms with Crippen LogP contribution in [-0.2, 0) is 0 Å². The lowest BCUT2D eigenvalue weighted by Crippen LogP contribution is -2.43. The number of nitrogens with one attached hydrogen (secondary N) is 1. The Morgan fingerprint density at radius 2 is 2.38 bits per heavy atom. The summed E-state index contributed by atoms with van der Waals surface area (Å²) in [6.45, 7) is 1.75. The van der Waals surface area contributed by atoms with Gasteiger partial charge in [0.1, 0.15) is 11.9 Å². The summed E-state index contributed by atoms with van der Waals surface area (Å²) < 4.78 is 10.9. The number of anilines is 1. The normalized spacial score (nSPS) is 26.3. The van der Waals surface area contributed by atoms with Crippen LogP contribution in [0.2, 0.25) is 0 Å². The number of fused-ring (bicyclic) bond motifs is 2. The number of rotatable bonds is 0. The zero-order valence-corrected chi connectivity index (χ0v) is 9.03. The highest BCUT2D eigenvalue weighted by molar-refractivity contribution is 5.57. The minimum absolute atomic E-state index is 0.0897. The minimum atomic E-state index is -0.354. The summed E-state index contributed by atoms with van der Waals surface area (Å²) in [4.78, 5) is 11.6. The van der Waals surface area contributed by atoms with Crippen molar-refractivity contribution in [2.24, 2.45) is 0 Å². The zero-order chi connectivity index (χ0) is 11.1. The number of ether oxygens (including phenoxy) is 1. The van der Waals surface area contributed by atoms with Gasteiger partial charge in [-0.25, -0.2) is 4.79 Å². The van der Waals surface area contributed by atoms with Crippen molar-refractivity contribution in [3.63, 3.8) is 0 Å². The summed E-state index contributed by atoms with van der Waals surface area (Å²) >= 11 is 0. The summed E-state index contributed by atoms with van der Waals surface area (Å²) in [5.74, 6) is 1.20. The number of aryl methyl sites for hydroxylation is 1. The summed E-state index contributed by atoms with van der Waals surface area (Å²) in [7, 11) is 0. The molecule has 1 aliphatic heterocycles. The van der Waals surface area contributed by atoms with Crippen LogP contribution in [0.3, 0.4) is 0 Å². The molecule has 0 amide bonds. The highest BCUT2D eigenvalue weighted by atomic mass is 16.5. The van der Waals surface area contributed by atoms with Gasteiger partial charge in [0.15, 0.2) is 11.4 Å². The van der Waals surface area contributed by atoms with Crippen molar-refractivity contribution in [3.8, 4) is 5.75 Å². The molecule has 0 aromatic carbocycles. The molecule has 0 fully saturated rings. The second kappa shape index (κ2) is 3.40. The summed E-state index contributed by atoms with van der Waals surface area (Å²) in [5.41, 5.74) is 0.0887. The lowest BCUT2D eigenvalue weighted by atomic mass is 9.97. The minimum Gasteiger partial charge on any atom is -0.485 e. The van der Waals surface area contributed by atoms with Crippen molar-refractivity contribution in [2.75, 3.05) is 5.32 Å². The molecule has 1 aromatic rings. The van der Waals surface area contributed by atoms with Crippen molar-refractivity contribution in [1.29, 1.82) is 0 Å². The average molecular weight is 219 g/mol. The predicted molar refractivity (Wildman–Crippen MR) is 59.9 cm³/mol. The van der Waals surface area contributed by atoms with E-state index in [0.717, 1.165) is 12.8 Å². The molecule has 0 saturated heterocycles. The lowest BCUT2D eigenvalue weighted by Gasteiger charge is -2.34. The molecule has 1 aliphatic carbocycles. The van der Waals surface area contributed by atoms with E-state index in [1.807, 2.05) is 0 Å². The maximum absolute atomic E-state index is 11.6. The van der Waals surface area contributed by atoms with Crippen LogP contribution in [0, 0.1) is 6.92 Å². The van der Waals surface area contributed by atoms with E-state index in [1.165, 1.54) is 0 Å². The molecule has 16 heavy (non-hydrogen) atoms. The second-order valence-corrected chi connectivity index (χ2v) is 4.22. The van der Waals surface area contributed by atoms with E-state index in [4.69, 9.17) is 9.15 Å². The van der Waals surface area contributed by atoms with Gasteiger partial charge >= 0.3 is 5.63 Å². The fourth-order valence-electron chi connectivity index (χ4n) is 2.22. The molecule has 0 spiro atoms. The van der Waals surface area contributed by atoms with E-state index < -0.39 is 0 Å². The molecule has 0 radical (unpaired) electrons. The lowest BCUT2D eigenvalue weighted by molar-refractivity contribution is 0.167. The topological polar surface area (TPSA) is 51.5 Å². The molecule has 0 unspecified atom stereocenters. The first-order valence-electron chi connectivity index (χ1n) is 5.48. The van der Waals surface area contributed by atoms with Gasteiger partial charge in [-0.2, -0.15) is 0 Å². The maximum Gasteiger partial charge on any atom is 0.363 e. The van der Waals surface area contributed by atoms with Gasteiger partial charge in [-0.1, -0.05) is 12.2 Å². The highest BCUT2D eigenvalue weighted by Gasteiger charge is 2.31. The molecule has 2 atom stereocenters. The SMILES string of the molecule is Cc1cc2c(c(=O)o1)N[C@@H]1C=CCC[C@@H]1O2. The molecular weight excluding hydrogens is 206 g/mol. The molecular formula is C12H13NO3. The first-order chi connectivity index (χ1) is 7.74. The molecule has 1 N–H and O–H groups in total. The van der Waals surface area contributed by atoms with Gasteiger partial charge in [0.25, 0.3) is 0 Å². The summed E-state index contributed by atoms with van der Waals surface area (Å²) in [6.07, 6.45) is 6.29. The number of hydrogen-bond donors (Lipinski definition) is 1. The zero-order valence-electron chi connectivity index (χ0n) is 9.03. The fourth-order valence-corrected chi connectivity index (χ4v) is 2.22. The summed E-state index contributed by atoms with van der Waals surface area (Å²) in [5, 5.41) is 3.18. The van der Waals surface area contributed by atoms with Gasteiger partial charge in [-0.15, -0.1) is 0 Å². The second-order valence-electron chi connectivity index (χ2n) is 4.22. The van der Waals surface area contributed by atoms with Gasteiger partial charge < -0.3 is 14.5 Å². The molecule has 4 nitrogen and oxygen atoms in total.